The third kappa shape index (κ3) is 3.99. The standard InChI is InChI=1S/C13H22BrClN2/c1-9-12(14)10(17(5)16-9)7-6-8-11(15)13(2,3)4/h11H,6-8H2,1-5H3. The molecule has 1 heterocycles. The van der Waals surface area contributed by atoms with Crippen LogP contribution in [0, 0.1) is 12.3 Å². The zero-order valence-electron chi connectivity index (χ0n) is 11.3. The highest BCUT2D eigenvalue weighted by atomic mass is 79.9. The molecule has 1 atom stereocenters. The van der Waals surface area contributed by atoms with Gasteiger partial charge in [-0.15, -0.1) is 11.6 Å². The van der Waals surface area contributed by atoms with Crippen molar-refractivity contribution >= 4 is 27.5 Å². The Kier molecular flexibility index (Phi) is 5.08. The Bertz CT molecular complexity index is 380. The van der Waals surface area contributed by atoms with E-state index in [0.717, 1.165) is 29.4 Å². The van der Waals surface area contributed by atoms with Crippen LogP contribution >= 0.6 is 27.5 Å². The van der Waals surface area contributed by atoms with E-state index in [1.54, 1.807) is 0 Å². The van der Waals surface area contributed by atoms with E-state index >= 15 is 0 Å². The van der Waals surface area contributed by atoms with Crippen LogP contribution in [-0.4, -0.2) is 15.2 Å². The summed E-state index contributed by atoms with van der Waals surface area (Å²) in [4.78, 5) is 0. The number of nitrogens with zero attached hydrogens (tertiary/aromatic N) is 2. The molecule has 0 aliphatic heterocycles. The number of aryl methyl sites for hydroxylation is 2. The summed E-state index contributed by atoms with van der Waals surface area (Å²) in [7, 11) is 2.00. The highest BCUT2D eigenvalue weighted by Crippen LogP contribution is 2.29. The van der Waals surface area contributed by atoms with Crippen molar-refractivity contribution in [2.75, 3.05) is 0 Å². The quantitative estimate of drug-likeness (QED) is 0.748. The first-order chi connectivity index (χ1) is 7.73. The van der Waals surface area contributed by atoms with Crippen LogP contribution in [0.4, 0.5) is 0 Å². The van der Waals surface area contributed by atoms with Gasteiger partial charge < -0.3 is 0 Å². The maximum absolute atomic E-state index is 6.37. The topological polar surface area (TPSA) is 17.8 Å². The van der Waals surface area contributed by atoms with Gasteiger partial charge in [0.1, 0.15) is 0 Å². The van der Waals surface area contributed by atoms with E-state index < -0.39 is 0 Å². The molecule has 1 unspecified atom stereocenters. The number of alkyl halides is 1. The van der Waals surface area contributed by atoms with Gasteiger partial charge in [0.2, 0.25) is 0 Å². The van der Waals surface area contributed by atoms with Crippen LogP contribution in [0.15, 0.2) is 4.47 Å². The summed E-state index contributed by atoms with van der Waals surface area (Å²) in [5.74, 6) is 0. The molecular formula is C13H22BrClN2. The van der Waals surface area contributed by atoms with Crippen molar-refractivity contribution in [3.05, 3.63) is 15.9 Å². The smallest absolute Gasteiger partial charge is 0.0738 e. The summed E-state index contributed by atoms with van der Waals surface area (Å²) in [5, 5.41) is 4.63. The molecule has 0 saturated carbocycles. The third-order valence-electron chi connectivity index (χ3n) is 3.07. The lowest BCUT2D eigenvalue weighted by Crippen LogP contribution is -2.20. The normalized spacial score (nSPS) is 14.1. The molecule has 0 aliphatic carbocycles. The van der Waals surface area contributed by atoms with Gasteiger partial charge in [-0.3, -0.25) is 4.68 Å². The van der Waals surface area contributed by atoms with E-state index in [4.69, 9.17) is 11.6 Å². The molecule has 17 heavy (non-hydrogen) atoms. The Morgan fingerprint density at radius 2 is 2.00 bits per heavy atom. The van der Waals surface area contributed by atoms with Crippen LogP contribution in [-0.2, 0) is 13.5 Å². The molecule has 0 bridgehead atoms. The van der Waals surface area contributed by atoms with Gasteiger partial charge in [-0.25, -0.2) is 0 Å². The van der Waals surface area contributed by atoms with Crippen molar-refractivity contribution in [1.29, 1.82) is 0 Å². The second-order valence-electron chi connectivity index (χ2n) is 5.70. The lowest BCUT2D eigenvalue weighted by atomic mass is 9.88. The maximum atomic E-state index is 6.37. The molecule has 1 aromatic rings. The molecule has 1 aromatic heterocycles. The minimum atomic E-state index is 0.182. The fourth-order valence-corrected chi connectivity index (χ4v) is 2.52. The summed E-state index contributed by atoms with van der Waals surface area (Å²) >= 11 is 9.97. The van der Waals surface area contributed by atoms with Gasteiger partial charge in [-0.2, -0.15) is 5.10 Å². The highest BCUT2D eigenvalue weighted by molar-refractivity contribution is 9.10. The number of hydrogen-bond acceptors (Lipinski definition) is 1. The predicted octanol–water partition coefficient (Wildman–Crippen LogP) is 4.47. The molecule has 0 radical (unpaired) electrons. The van der Waals surface area contributed by atoms with Gasteiger partial charge in [0.05, 0.1) is 15.9 Å². The maximum Gasteiger partial charge on any atom is 0.0738 e. The molecule has 0 amide bonds. The predicted molar refractivity (Wildman–Crippen MR) is 77.7 cm³/mol. The minimum Gasteiger partial charge on any atom is -0.271 e. The molecule has 4 heteroatoms. The second-order valence-corrected chi connectivity index (χ2v) is 7.02. The van der Waals surface area contributed by atoms with Gasteiger partial charge in [0.15, 0.2) is 0 Å². The summed E-state index contributed by atoms with van der Waals surface area (Å²) < 4.78 is 3.10. The van der Waals surface area contributed by atoms with Crippen LogP contribution in [0.3, 0.4) is 0 Å². The van der Waals surface area contributed by atoms with Crippen LogP contribution < -0.4 is 0 Å². The fraction of sp³-hybridized carbons (Fsp3) is 0.769. The average Bonchev–Trinajstić information content (AvgIpc) is 2.42. The fourth-order valence-electron chi connectivity index (χ4n) is 1.83. The summed E-state index contributed by atoms with van der Waals surface area (Å²) in [6.45, 7) is 8.59. The van der Waals surface area contributed by atoms with E-state index in [0.29, 0.717) is 0 Å². The number of aromatic nitrogens is 2. The lowest BCUT2D eigenvalue weighted by molar-refractivity contribution is 0.368. The monoisotopic (exact) mass is 320 g/mol. The molecule has 0 aromatic carbocycles. The van der Waals surface area contributed by atoms with Gasteiger partial charge in [0.25, 0.3) is 0 Å². The molecule has 0 aliphatic rings. The first kappa shape index (κ1) is 15.0. The number of rotatable bonds is 4. The van der Waals surface area contributed by atoms with E-state index in [1.807, 2.05) is 18.7 Å². The van der Waals surface area contributed by atoms with E-state index in [-0.39, 0.29) is 10.8 Å². The molecule has 2 nitrogen and oxygen atoms in total. The Balaban J connectivity index is 2.52. The van der Waals surface area contributed by atoms with E-state index in [1.165, 1.54) is 5.69 Å². The molecule has 0 N–H and O–H groups in total. The van der Waals surface area contributed by atoms with Crippen LogP contribution in [0.1, 0.15) is 45.0 Å². The summed E-state index contributed by atoms with van der Waals surface area (Å²) in [5.41, 5.74) is 2.50. The molecule has 98 valence electrons. The minimum absolute atomic E-state index is 0.182. The van der Waals surface area contributed by atoms with Gasteiger partial charge in [0, 0.05) is 12.4 Å². The van der Waals surface area contributed by atoms with Gasteiger partial charge in [-0.1, -0.05) is 20.8 Å². The second kappa shape index (κ2) is 5.75. The molecule has 0 fully saturated rings. The lowest BCUT2D eigenvalue weighted by Gasteiger charge is -2.24. The largest absolute Gasteiger partial charge is 0.271 e. The zero-order chi connectivity index (χ0) is 13.2. The van der Waals surface area contributed by atoms with E-state index in [9.17, 15) is 0 Å². The van der Waals surface area contributed by atoms with Crippen molar-refractivity contribution in [2.24, 2.45) is 12.5 Å². The SMILES string of the molecule is Cc1nn(C)c(CCCC(Cl)C(C)(C)C)c1Br. The zero-order valence-corrected chi connectivity index (χ0v) is 13.7. The van der Waals surface area contributed by atoms with E-state index in [2.05, 4.69) is 41.8 Å². The Labute approximate surface area is 118 Å². The summed E-state index contributed by atoms with van der Waals surface area (Å²) in [6.07, 6.45) is 3.17. The van der Waals surface area contributed by atoms with Crippen molar-refractivity contribution in [2.45, 2.75) is 52.3 Å². The number of hydrogen-bond donors (Lipinski definition) is 0. The van der Waals surface area contributed by atoms with Crippen LogP contribution in [0.25, 0.3) is 0 Å². The Morgan fingerprint density at radius 3 is 2.41 bits per heavy atom. The Hall–Kier alpha value is -0.0200. The van der Waals surface area contributed by atoms with Gasteiger partial charge in [-0.05, 0) is 47.5 Å². The van der Waals surface area contributed by atoms with Crippen molar-refractivity contribution in [3.8, 4) is 0 Å². The van der Waals surface area contributed by atoms with Crippen molar-refractivity contribution in [1.82, 2.24) is 9.78 Å². The third-order valence-corrected chi connectivity index (χ3v) is 4.98. The first-order valence-corrected chi connectivity index (χ1v) is 7.28. The average molecular weight is 322 g/mol. The van der Waals surface area contributed by atoms with Crippen molar-refractivity contribution < 1.29 is 0 Å². The highest BCUT2D eigenvalue weighted by Gasteiger charge is 2.22. The summed E-state index contributed by atoms with van der Waals surface area (Å²) in [6, 6.07) is 0. The Morgan fingerprint density at radius 1 is 1.41 bits per heavy atom. The first-order valence-electron chi connectivity index (χ1n) is 6.05. The van der Waals surface area contributed by atoms with Crippen molar-refractivity contribution in [3.63, 3.8) is 0 Å². The van der Waals surface area contributed by atoms with Crippen LogP contribution in [0.5, 0.6) is 0 Å². The van der Waals surface area contributed by atoms with Crippen LogP contribution in [0.2, 0.25) is 0 Å². The molecule has 0 spiro atoms. The number of halogens is 2. The molecule has 0 saturated heterocycles. The molecular weight excluding hydrogens is 300 g/mol. The van der Waals surface area contributed by atoms with Gasteiger partial charge >= 0.3 is 0 Å². The molecule has 1 rings (SSSR count).